The highest BCUT2D eigenvalue weighted by Crippen LogP contribution is 1.07. The third-order valence-corrected chi connectivity index (χ3v) is 0. The molecule has 0 aliphatic rings. The van der Waals surface area contributed by atoms with Crippen LogP contribution in [-0.4, -0.2) is 12.6 Å². The molecule has 0 unspecified atom stereocenters. The summed E-state index contributed by atoms with van der Waals surface area (Å²) in [5.74, 6) is 0. The van der Waals surface area contributed by atoms with E-state index in [4.69, 9.17) is 23.4 Å². The zero-order valence-corrected chi connectivity index (χ0v) is 3.34. The van der Waals surface area contributed by atoms with Gasteiger partial charge in [0.05, 0.1) is 0 Å². The molecular formula is N2O3S. The molecule has 0 aliphatic carbocycles. The Kier molecular flexibility index (Phi) is 13.3. The van der Waals surface area contributed by atoms with Crippen LogP contribution in [-0.2, 0) is 10.6 Å². The average molecular weight is 108 g/mol. The minimum atomic E-state index is -3.11. The van der Waals surface area contributed by atoms with Crippen LogP contribution in [0.15, 0.2) is 0 Å². The quantitative estimate of drug-likeness (QED) is 0.371. The molecule has 6 heteroatoms. The molecule has 0 aromatic rings. The van der Waals surface area contributed by atoms with Gasteiger partial charge in [-0.05, 0) is 0 Å². The standard InChI is InChI=1S/N2.O3S/c1-2;1-4(2)3. The van der Waals surface area contributed by atoms with E-state index < -0.39 is 10.6 Å². The van der Waals surface area contributed by atoms with E-state index in [1.807, 2.05) is 0 Å². The van der Waals surface area contributed by atoms with Crippen LogP contribution in [0.2, 0.25) is 0 Å². The van der Waals surface area contributed by atoms with Crippen molar-refractivity contribution in [2.24, 2.45) is 0 Å². The van der Waals surface area contributed by atoms with Gasteiger partial charge in [0, 0.05) is 10.8 Å². The van der Waals surface area contributed by atoms with Gasteiger partial charge in [0.1, 0.15) is 0 Å². The molecule has 0 aromatic carbocycles. The zero-order chi connectivity index (χ0) is 5.58. The van der Waals surface area contributed by atoms with E-state index in [0.29, 0.717) is 0 Å². The van der Waals surface area contributed by atoms with Gasteiger partial charge in [0.2, 0.25) is 0 Å². The van der Waals surface area contributed by atoms with Crippen molar-refractivity contribution in [2.45, 2.75) is 0 Å². The number of hydrogen-bond donors (Lipinski definition) is 0. The predicted octanol–water partition coefficient (Wildman–Crippen LogP) is -0.974. The number of hydrogen-bond acceptors (Lipinski definition) is 5. The fourth-order valence-corrected chi connectivity index (χ4v) is 0. The minimum absolute atomic E-state index is 3.11. The van der Waals surface area contributed by atoms with Crippen LogP contribution in [0.5, 0.6) is 0 Å². The van der Waals surface area contributed by atoms with Crippen molar-refractivity contribution in [3.63, 3.8) is 0 Å². The molecule has 0 bridgehead atoms. The summed E-state index contributed by atoms with van der Waals surface area (Å²) in [6.07, 6.45) is 0. The Morgan fingerprint density at radius 1 is 1.00 bits per heavy atom. The first-order valence-corrected chi connectivity index (χ1v) is 1.70. The molecule has 0 aliphatic heterocycles. The Labute approximate surface area is 35.1 Å². The molecule has 6 heavy (non-hydrogen) atoms. The predicted molar refractivity (Wildman–Crippen MR) is 13.1 cm³/mol. The topological polar surface area (TPSA) is 98.8 Å². The summed E-state index contributed by atoms with van der Waals surface area (Å²) in [4.78, 5) is 0. The van der Waals surface area contributed by atoms with E-state index in [0.717, 1.165) is 0 Å². The van der Waals surface area contributed by atoms with Crippen LogP contribution in [0.4, 0.5) is 0 Å². The Morgan fingerprint density at radius 2 is 1.00 bits per heavy atom. The van der Waals surface area contributed by atoms with Crippen LogP contribution < -0.4 is 0 Å². The van der Waals surface area contributed by atoms with E-state index in [-0.39, 0.29) is 0 Å². The molecule has 0 rings (SSSR count). The Morgan fingerprint density at radius 3 is 1.00 bits per heavy atom. The maximum absolute atomic E-state index is 8.44. The number of nitrogens with zero attached hydrogens (tertiary/aromatic N) is 2. The fourth-order valence-electron chi connectivity index (χ4n) is 0. The van der Waals surface area contributed by atoms with Gasteiger partial charge in [0.15, 0.2) is 0 Å². The third-order valence-electron chi connectivity index (χ3n) is 0. The van der Waals surface area contributed by atoms with E-state index in [1.54, 1.807) is 0 Å². The van der Waals surface area contributed by atoms with Gasteiger partial charge in [-0.1, -0.05) is 0 Å². The summed E-state index contributed by atoms with van der Waals surface area (Å²) in [6.45, 7) is 0. The maximum Gasteiger partial charge on any atom is 0.425 e. The molecule has 0 saturated carbocycles. The van der Waals surface area contributed by atoms with Gasteiger partial charge in [-0.2, -0.15) is 0 Å². The minimum Gasteiger partial charge on any atom is -0.142 e. The van der Waals surface area contributed by atoms with Gasteiger partial charge < -0.3 is 0 Å². The van der Waals surface area contributed by atoms with Crippen molar-refractivity contribution in [3.8, 4) is 0 Å². The van der Waals surface area contributed by atoms with Gasteiger partial charge in [-0.3, -0.25) is 0 Å². The largest absolute Gasteiger partial charge is 0.425 e. The van der Waals surface area contributed by atoms with Crippen molar-refractivity contribution >= 4 is 10.6 Å². The van der Waals surface area contributed by atoms with Crippen molar-refractivity contribution in [2.75, 3.05) is 0 Å². The molecule has 5 nitrogen and oxygen atoms in total. The lowest BCUT2D eigenvalue weighted by molar-refractivity contribution is 0.559. The summed E-state index contributed by atoms with van der Waals surface area (Å²) in [5.41, 5.74) is 0. The second-order valence-corrected chi connectivity index (χ2v) is 0.612. The van der Waals surface area contributed by atoms with Gasteiger partial charge in [-0.15, -0.1) is 12.6 Å². The van der Waals surface area contributed by atoms with Crippen molar-refractivity contribution in [1.29, 1.82) is 10.8 Å². The van der Waals surface area contributed by atoms with Crippen molar-refractivity contribution in [3.05, 3.63) is 0 Å². The first-order chi connectivity index (χ1) is 2.73. The molecule has 0 saturated heterocycles. The van der Waals surface area contributed by atoms with Crippen LogP contribution in [0.3, 0.4) is 0 Å². The summed E-state index contributed by atoms with van der Waals surface area (Å²) in [7, 11) is -3.11. The normalized spacial score (nSPS) is 4.33. The summed E-state index contributed by atoms with van der Waals surface area (Å²) >= 11 is 0. The molecule has 0 heterocycles. The zero-order valence-electron chi connectivity index (χ0n) is 2.53. The average Bonchev–Trinajstić information content (AvgIpc) is 1.41. The Hall–Kier alpha value is -0.960. The second kappa shape index (κ2) is 8.97. The van der Waals surface area contributed by atoms with Gasteiger partial charge in [0.25, 0.3) is 0 Å². The summed E-state index contributed by atoms with van der Waals surface area (Å²) in [6, 6.07) is 0. The van der Waals surface area contributed by atoms with E-state index in [1.165, 1.54) is 0 Å². The van der Waals surface area contributed by atoms with Crippen LogP contribution >= 0.6 is 0 Å². The van der Waals surface area contributed by atoms with Crippen LogP contribution in [0, 0.1) is 10.8 Å². The van der Waals surface area contributed by atoms with Gasteiger partial charge >= 0.3 is 10.6 Å². The second-order valence-electron chi connectivity index (χ2n) is 0.204. The Bertz CT molecular complexity index is 106. The lowest BCUT2D eigenvalue weighted by Gasteiger charge is -1.11. The van der Waals surface area contributed by atoms with Crippen molar-refractivity contribution < 1.29 is 12.6 Å². The molecular weight excluding hydrogens is 108 g/mol. The van der Waals surface area contributed by atoms with Crippen LogP contribution in [0.1, 0.15) is 0 Å². The highest BCUT2D eigenvalue weighted by atomic mass is 32.2. The molecule has 0 atom stereocenters. The molecule has 0 aromatic heterocycles. The van der Waals surface area contributed by atoms with Crippen LogP contribution in [0.25, 0.3) is 0 Å². The molecule has 0 amide bonds. The highest BCUT2D eigenvalue weighted by molar-refractivity contribution is 7.59. The first-order valence-electron chi connectivity index (χ1n) is 0.700. The molecule has 0 spiro atoms. The molecule has 34 valence electrons. The molecule has 0 fully saturated rings. The summed E-state index contributed by atoms with van der Waals surface area (Å²) in [5, 5.41) is 12.0. The molecule has 0 radical (unpaired) electrons. The summed E-state index contributed by atoms with van der Waals surface area (Å²) < 4.78 is 25.3. The Balaban J connectivity index is 0. The smallest absolute Gasteiger partial charge is 0.142 e. The lowest BCUT2D eigenvalue weighted by atomic mass is 13.4. The number of rotatable bonds is 0. The van der Waals surface area contributed by atoms with Crippen molar-refractivity contribution in [1.82, 2.24) is 0 Å². The van der Waals surface area contributed by atoms with E-state index in [2.05, 4.69) is 0 Å². The lowest BCUT2D eigenvalue weighted by Crippen LogP contribution is -1.40. The highest BCUT2D eigenvalue weighted by Gasteiger charge is 1.40. The van der Waals surface area contributed by atoms with E-state index in [9.17, 15) is 0 Å². The monoisotopic (exact) mass is 108 g/mol. The maximum atomic E-state index is 8.44. The molecule has 0 N–H and O–H groups in total. The van der Waals surface area contributed by atoms with Gasteiger partial charge in [-0.25, -0.2) is 0 Å². The fraction of sp³-hybridized carbons (Fsp3) is 0. The van der Waals surface area contributed by atoms with E-state index >= 15 is 0 Å². The SMILES string of the molecule is N#N.O=S(=O)=O. The third kappa shape index (κ3) is 13.7. The first kappa shape index (κ1) is 8.90.